The normalized spacial score (nSPS) is 15.6. The zero-order chi connectivity index (χ0) is 19.7. The number of benzene rings is 1. The largest absolute Gasteiger partial charge is 0.444 e. The number of rotatable bonds is 2. The van der Waals surface area contributed by atoms with Crippen molar-refractivity contribution in [2.75, 3.05) is 13.1 Å². The van der Waals surface area contributed by atoms with Gasteiger partial charge in [-0.1, -0.05) is 18.2 Å². The molecule has 28 heavy (non-hydrogen) atoms. The summed E-state index contributed by atoms with van der Waals surface area (Å²) in [5.41, 5.74) is 3.88. The summed E-state index contributed by atoms with van der Waals surface area (Å²) in [6.07, 6.45) is 7.76. The van der Waals surface area contributed by atoms with E-state index in [1.54, 1.807) is 4.90 Å². The molecule has 0 N–H and O–H groups in total. The van der Waals surface area contributed by atoms with Gasteiger partial charge in [0.1, 0.15) is 17.7 Å². The summed E-state index contributed by atoms with van der Waals surface area (Å²) in [5, 5.41) is 0. The van der Waals surface area contributed by atoms with Crippen LogP contribution in [0.15, 0.2) is 30.6 Å². The van der Waals surface area contributed by atoms with Crippen molar-refractivity contribution in [3.8, 4) is 11.6 Å². The number of amides is 1. The fourth-order valence-electron chi connectivity index (χ4n) is 3.50. The predicted octanol–water partition coefficient (Wildman–Crippen LogP) is 4.17. The molecule has 6 nitrogen and oxygen atoms in total. The zero-order valence-electron chi connectivity index (χ0n) is 16.6. The van der Waals surface area contributed by atoms with Gasteiger partial charge in [0.15, 0.2) is 0 Å². The summed E-state index contributed by atoms with van der Waals surface area (Å²) < 4.78 is 11.6. The van der Waals surface area contributed by atoms with Crippen LogP contribution >= 0.6 is 0 Å². The van der Waals surface area contributed by atoms with Crippen LogP contribution < -0.4 is 4.74 Å². The van der Waals surface area contributed by atoms with Crippen molar-refractivity contribution < 1.29 is 14.3 Å². The molecule has 0 radical (unpaired) electrons. The van der Waals surface area contributed by atoms with Crippen LogP contribution in [-0.4, -0.2) is 39.7 Å². The molecule has 2 aliphatic rings. The second kappa shape index (κ2) is 7.26. The Bertz CT molecular complexity index is 931. The number of fused-ring (bicyclic) bond motifs is 2. The van der Waals surface area contributed by atoms with Crippen LogP contribution in [0.4, 0.5) is 4.79 Å². The Hall–Kier alpha value is -2.89. The van der Waals surface area contributed by atoms with Gasteiger partial charge in [-0.05, 0) is 56.9 Å². The predicted molar refractivity (Wildman–Crippen MR) is 107 cm³/mol. The maximum atomic E-state index is 12.4. The monoisotopic (exact) mass is 379 g/mol. The molecule has 0 bridgehead atoms. The Morgan fingerprint density at radius 1 is 1.14 bits per heavy atom. The third-order valence-corrected chi connectivity index (χ3v) is 4.86. The van der Waals surface area contributed by atoms with Gasteiger partial charge in [-0.25, -0.2) is 14.8 Å². The summed E-state index contributed by atoms with van der Waals surface area (Å²) in [7, 11) is 0. The molecule has 0 saturated carbocycles. The second-order valence-electron chi connectivity index (χ2n) is 8.14. The van der Waals surface area contributed by atoms with Crippen molar-refractivity contribution in [1.82, 2.24) is 14.9 Å². The van der Waals surface area contributed by atoms with Gasteiger partial charge >= 0.3 is 6.09 Å². The minimum atomic E-state index is -0.508. The number of carbonyl (C=O) groups is 1. The van der Waals surface area contributed by atoms with E-state index in [1.165, 1.54) is 17.5 Å². The standard InChI is InChI=1S/C22H25N3O3/c1-22(2,3)28-21(26)25-11-9-18-19(10-12-25)23-14-24-20(18)27-17-8-7-15-5-4-6-16(15)13-17/h4,6-8,13-14H,5,9-12H2,1-3H3. The number of hydrogen-bond donors (Lipinski definition) is 0. The van der Waals surface area contributed by atoms with Crippen molar-refractivity contribution in [2.24, 2.45) is 0 Å². The molecule has 0 atom stereocenters. The molecular formula is C22H25N3O3. The van der Waals surface area contributed by atoms with Crippen molar-refractivity contribution in [2.45, 2.75) is 45.6 Å². The highest BCUT2D eigenvalue weighted by Crippen LogP contribution is 2.30. The molecule has 4 rings (SSSR count). The molecule has 0 fully saturated rings. The smallest absolute Gasteiger partial charge is 0.410 e. The first-order chi connectivity index (χ1) is 13.4. The van der Waals surface area contributed by atoms with Gasteiger partial charge in [0.25, 0.3) is 0 Å². The lowest BCUT2D eigenvalue weighted by atomic mass is 10.1. The van der Waals surface area contributed by atoms with Crippen LogP contribution in [0.5, 0.6) is 11.6 Å². The van der Waals surface area contributed by atoms with Crippen LogP contribution in [0.3, 0.4) is 0 Å². The highest BCUT2D eigenvalue weighted by molar-refractivity contribution is 5.68. The number of nitrogens with zero attached hydrogens (tertiary/aromatic N) is 3. The molecule has 1 aliphatic carbocycles. The average molecular weight is 379 g/mol. The van der Waals surface area contributed by atoms with Gasteiger partial charge in [0.05, 0.1) is 5.69 Å². The van der Waals surface area contributed by atoms with E-state index in [4.69, 9.17) is 9.47 Å². The molecule has 1 aromatic carbocycles. The van der Waals surface area contributed by atoms with E-state index < -0.39 is 5.60 Å². The third kappa shape index (κ3) is 4.01. The average Bonchev–Trinajstić information content (AvgIpc) is 2.97. The van der Waals surface area contributed by atoms with Crippen molar-refractivity contribution in [3.05, 3.63) is 53.0 Å². The Kier molecular flexibility index (Phi) is 4.79. The second-order valence-corrected chi connectivity index (χ2v) is 8.14. The fourth-order valence-corrected chi connectivity index (χ4v) is 3.50. The van der Waals surface area contributed by atoms with Crippen LogP contribution in [-0.2, 0) is 24.0 Å². The van der Waals surface area contributed by atoms with Gasteiger partial charge in [-0.2, -0.15) is 0 Å². The molecule has 6 heteroatoms. The molecule has 2 heterocycles. The van der Waals surface area contributed by atoms with Gasteiger partial charge in [-0.15, -0.1) is 0 Å². The SMILES string of the molecule is CC(C)(C)OC(=O)N1CCc2ncnc(Oc3ccc4c(c3)C=CC4)c2CC1. The summed E-state index contributed by atoms with van der Waals surface area (Å²) in [6, 6.07) is 6.11. The third-order valence-electron chi connectivity index (χ3n) is 4.86. The van der Waals surface area contributed by atoms with Crippen molar-refractivity contribution in [1.29, 1.82) is 0 Å². The molecule has 0 spiro atoms. The first-order valence-corrected chi connectivity index (χ1v) is 9.67. The van der Waals surface area contributed by atoms with Gasteiger partial charge in [0, 0.05) is 25.1 Å². The van der Waals surface area contributed by atoms with E-state index >= 15 is 0 Å². The van der Waals surface area contributed by atoms with Crippen molar-refractivity contribution >= 4 is 12.2 Å². The van der Waals surface area contributed by atoms with E-state index in [0.29, 0.717) is 31.8 Å². The number of aromatic nitrogens is 2. The first-order valence-electron chi connectivity index (χ1n) is 9.67. The Morgan fingerprint density at radius 3 is 2.79 bits per heavy atom. The lowest BCUT2D eigenvalue weighted by Crippen LogP contribution is -2.38. The lowest BCUT2D eigenvalue weighted by Gasteiger charge is -2.26. The summed E-state index contributed by atoms with van der Waals surface area (Å²) >= 11 is 0. The Balaban J connectivity index is 1.52. The highest BCUT2D eigenvalue weighted by atomic mass is 16.6. The minimum Gasteiger partial charge on any atom is -0.444 e. The first kappa shape index (κ1) is 18.5. The number of allylic oxidation sites excluding steroid dienone is 1. The molecule has 1 amide bonds. The van der Waals surface area contributed by atoms with Gasteiger partial charge in [0.2, 0.25) is 5.88 Å². The van der Waals surface area contributed by atoms with E-state index in [9.17, 15) is 4.79 Å². The van der Waals surface area contributed by atoms with E-state index in [1.807, 2.05) is 32.9 Å². The van der Waals surface area contributed by atoms with Crippen LogP contribution in [0, 0.1) is 0 Å². The highest BCUT2D eigenvalue weighted by Gasteiger charge is 2.26. The van der Waals surface area contributed by atoms with Crippen LogP contribution in [0.1, 0.15) is 43.2 Å². The molecule has 2 aromatic rings. The topological polar surface area (TPSA) is 64.5 Å². The molecule has 1 aliphatic heterocycles. The summed E-state index contributed by atoms with van der Waals surface area (Å²) in [5.74, 6) is 1.33. The molecular weight excluding hydrogens is 354 g/mol. The van der Waals surface area contributed by atoms with Crippen LogP contribution in [0.25, 0.3) is 6.08 Å². The van der Waals surface area contributed by atoms with E-state index in [-0.39, 0.29) is 6.09 Å². The number of carbonyl (C=O) groups excluding carboxylic acids is 1. The number of ether oxygens (including phenoxy) is 2. The Labute approximate surface area is 165 Å². The van der Waals surface area contributed by atoms with E-state index in [0.717, 1.165) is 23.4 Å². The fraction of sp³-hybridized carbons (Fsp3) is 0.409. The van der Waals surface area contributed by atoms with Gasteiger partial charge < -0.3 is 14.4 Å². The van der Waals surface area contributed by atoms with E-state index in [2.05, 4.69) is 28.2 Å². The zero-order valence-corrected chi connectivity index (χ0v) is 16.6. The summed E-state index contributed by atoms with van der Waals surface area (Å²) in [4.78, 5) is 23.0. The molecule has 0 unspecified atom stereocenters. The molecule has 1 aromatic heterocycles. The molecule has 0 saturated heterocycles. The number of hydrogen-bond acceptors (Lipinski definition) is 5. The van der Waals surface area contributed by atoms with Crippen LogP contribution in [0.2, 0.25) is 0 Å². The Morgan fingerprint density at radius 2 is 1.96 bits per heavy atom. The maximum Gasteiger partial charge on any atom is 0.410 e. The molecule has 146 valence electrons. The van der Waals surface area contributed by atoms with Gasteiger partial charge in [-0.3, -0.25) is 0 Å². The minimum absolute atomic E-state index is 0.291. The summed E-state index contributed by atoms with van der Waals surface area (Å²) in [6.45, 7) is 6.75. The maximum absolute atomic E-state index is 12.4. The quantitative estimate of drug-likeness (QED) is 0.783. The van der Waals surface area contributed by atoms with Crippen molar-refractivity contribution in [3.63, 3.8) is 0 Å². The lowest BCUT2D eigenvalue weighted by molar-refractivity contribution is 0.0258.